The predicted molar refractivity (Wildman–Crippen MR) is 86.1 cm³/mol. The molecular formula is C19H29NO2. The maximum atomic E-state index is 12.0. The van der Waals surface area contributed by atoms with Gasteiger partial charge in [0.1, 0.15) is 0 Å². The molecule has 122 valence electrons. The van der Waals surface area contributed by atoms with Crippen LogP contribution >= 0.6 is 0 Å². The van der Waals surface area contributed by atoms with Gasteiger partial charge in [-0.3, -0.25) is 4.79 Å². The van der Waals surface area contributed by atoms with E-state index in [0.717, 1.165) is 25.2 Å². The van der Waals surface area contributed by atoms with Crippen LogP contribution in [-0.4, -0.2) is 35.1 Å². The van der Waals surface area contributed by atoms with Gasteiger partial charge in [-0.1, -0.05) is 19.9 Å². The normalized spacial score (nSPS) is 53.9. The minimum Gasteiger partial charge on any atom is -0.393 e. The molecule has 0 aromatic carbocycles. The van der Waals surface area contributed by atoms with Crippen molar-refractivity contribution in [3.63, 3.8) is 0 Å². The van der Waals surface area contributed by atoms with E-state index in [-0.39, 0.29) is 22.8 Å². The van der Waals surface area contributed by atoms with Crippen LogP contribution in [0.3, 0.4) is 0 Å². The third kappa shape index (κ3) is 1.69. The fourth-order valence-electron chi connectivity index (χ4n) is 6.71. The quantitative estimate of drug-likeness (QED) is 0.747. The number of amides is 1. The van der Waals surface area contributed by atoms with E-state index in [9.17, 15) is 9.90 Å². The second-order valence-electron chi connectivity index (χ2n) is 8.76. The molecule has 0 spiro atoms. The molecule has 1 aliphatic heterocycles. The molecule has 0 aromatic rings. The minimum absolute atomic E-state index is 0.102. The molecule has 22 heavy (non-hydrogen) atoms. The Morgan fingerprint density at radius 2 is 1.91 bits per heavy atom. The van der Waals surface area contributed by atoms with Crippen LogP contribution < -0.4 is 0 Å². The lowest BCUT2D eigenvalue weighted by Crippen LogP contribution is -2.59. The van der Waals surface area contributed by atoms with E-state index in [1.54, 1.807) is 6.08 Å². The van der Waals surface area contributed by atoms with Gasteiger partial charge in [0.25, 0.3) is 0 Å². The average molecular weight is 303 g/mol. The van der Waals surface area contributed by atoms with E-state index >= 15 is 0 Å². The van der Waals surface area contributed by atoms with E-state index in [1.165, 1.54) is 19.3 Å². The Morgan fingerprint density at radius 1 is 1.14 bits per heavy atom. The summed E-state index contributed by atoms with van der Waals surface area (Å²) >= 11 is 0. The number of aliphatic hydroxyl groups is 1. The molecule has 3 heteroatoms. The summed E-state index contributed by atoms with van der Waals surface area (Å²) in [5.41, 5.74) is 0.269. The summed E-state index contributed by atoms with van der Waals surface area (Å²) in [6, 6.07) is 0.363. The molecule has 4 rings (SSSR count). The van der Waals surface area contributed by atoms with Gasteiger partial charge < -0.3 is 10.0 Å². The fraction of sp³-hybridized carbons (Fsp3) is 0.842. The van der Waals surface area contributed by atoms with Crippen molar-refractivity contribution in [3.05, 3.63) is 12.2 Å². The van der Waals surface area contributed by atoms with E-state index in [0.29, 0.717) is 17.9 Å². The lowest BCUT2D eigenvalue weighted by atomic mass is 9.48. The van der Waals surface area contributed by atoms with E-state index < -0.39 is 0 Å². The predicted octanol–water partition coefficient (Wildman–Crippen LogP) is 2.99. The van der Waals surface area contributed by atoms with Crippen LogP contribution in [0.4, 0.5) is 0 Å². The zero-order chi connectivity index (χ0) is 15.7. The Kier molecular flexibility index (Phi) is 3.08. The molecule has 7 atom stereocenters. The molecule has 1 N–H and O–H groups in total. The number of rotatable bonds is 0. The minimum atomic E-state index is -0.102. The van der Waals surface area contributed by atoms with Crippen molar-refractivity contribution in [3.8, 4) is 0 Å². The van der Waals surface area contributed by atoms with Crippen LogP contribution in [0.25, 0.3) is 0 Å². The van der Waals surface area contributed by atoms with Gasteiger partial charge in [-0.25, -0.2) is 0 Å². The summed E-state index contributed by atoms with van der Waals surface area (Å²) in [7, 11) is 1.97. The smallest absolute Gasteiger partial charge is 0.246 e. The number of likely N-dealkylation sites (N-methyl/N-ethyl adjacent to an activating group) is 1. The van der Waals surface area contributed by atoms with E-state index in [4.69, 9.17) is 0 Å². The number of nitrogens with zero attached hydrogens (tertiary/aromatic N) is 1. The van der Waals surface area contributed by atoms with Crippen molar-refractivity contribution < 1.29 is 9.90 Å². The first-order valence-corrected chi connectivity index (χ1v) is 9.02. The number of carbonyl (C=O) groups is 1. The van der Waals surface area contributed by atoms with Gasteiger partial charge in [-0.2, -0.15) is 0 Å². The molecular weight excluding hydrogens is 274 g/mol. The van der Waals surface area contributed by atoms with Crippen LogP contribution in [0.2, 0.25) is 0 Å². The molecule has 0 bridgehead atoms. The van der Waals surface area contributed by atoms with Gasteiger partial charge in [0, 0.05) is 18.5 Å². The summed E-state index contributed by atoms with van der Waals surface area (Å²) in [6.45, 7) is 4.70. The first-order valence-electron chi connectivity index (χ1n) is 9.02. The van der Waals surface area contributed by atoms with E-state index in [2.05, 4.69) is 19.9 Å². The zero-order valence-corrected chi connectivity index (χ0v) is 14.1. The Hall–Kier alpha value is -0.830. The highest BCUT2D eigenvalue weighted by molar-refractivity contribution is 5.89. The maximum absolute atomic E-state index is 12.0. The topological polar surface area (TPSA) is 40.5 Å². The summed E-state index contributed by atoms with van der Waals surface area (Å²) in [4.78, 5) is 14.0. The molecule has 3 aliphatic carbocycles. The van der Waals surface area contributed by atoms with Gasteiger partial charge in [0.2, 0.25) is 5.91 Å². The Balaban J connectivity index is 1.70. The third-order valence-corrected chi connectivity index (χ3v) is 8.08. The SMILES string of the molecule is CN1C(=O)C=C[C@]2(C)[C@H]3CC[C@]4(C)[C@@H](O)CC[C@H]4[C@@H]3CC[C@@H]12. The van der Waals surface area contributed by atoms with Gasteiger partial charge in [-0.15, -0.1) is 0 Å². The van der Waals surface area contributed by atoms with Gasteiger partial charge in [0.05, 0.1) is 6.10 Å². The third-order valence-electron chi connectivity index (χ3n) is 8.08. The molecule has 1 heterocycles. The number of carbonyl (C=O) groups excluding carboxylic acids is 1. The Labute approximate surface area is 133 Å². The monoisotopic (exact) mass is 303 g/mol. The Bertz CT molecular complexity index is 530. The second kappa shape index (κ2) is 4.59. The number of hydrogen-bond donors (Lipinski definition) is 1. The highest BCUT2D eigenvalue weighted by Gasteiger charge is 2.60. The molecule has 0 unspecified atom stereocenters. The molecule has 0 saturated heterocycles. The van der Waals surface area contributed by atoms with Crippen molar-refractivity contribution in [2.75, 3.05) is 7.05 Å². The highest BCUT2D eigenvalue weighted by Crippen LogP contribution is 2.63. The van der Waals surface area contributed by atoms with Crippen LogP contribution in [0.5, 0.6) is 0 Å². The fourth-order valence-corrected chi connectivity index (χ4v) is 6.71. The van der Waals surface area contributed by atoms with Gasteiger partial charge in [0.15, 0.2) is 0 Å². The van der Waals surface area contributed by atoms with Crippen LogP contribution in [-0.2, 0) is 4.79 Å². The lowest BCUT2D eigenvalue weighted by molar-refractivity contribution is -0.140. The first kappa shape index (κ1) is 14.7. The Morgan fingerprint density at radius 3 is 2.68 bits per heavy atom. The van der Waals surface area contributed by atoms with Crippen molar-refractivity contribution in [2.45, 2.75) is 64.5 Å². The first-order chi connectivity index (χ1) is 10.4. The molecule has 3 saturated carbocycles. The van der Waals surface area contributed by atoms with Crippen molar-refractivity contribution in [1.29, 1.82) is 0 Å². The van der Waals surface area contributed by atoms with Crippen molar-refractivity contribution in [1.82, 2.24) is 4.90 Å². The average Bonchev–Trinajstić information content (AvgIpc) is 2.79. The molecule has 3 nitrogen and oxygen atoms in total. The van der Waals surface area contributed by atoms with Crippen molar-refractivity contribution >= 4 is 5.91 Å². The summed E-state index contributed by atoms with van der Waals surface area (Å²) in [6.07, 6.45) is 10.8. The summed E-state index contributed by atoms with van der Waals surface area (Å²) in [5, 5.41) is 10.5. The molecule has 0 radical (unpaired) electrons. The number of hydrogen-bond acceptors (Lipinski definition) is 2. The largest absolute Gasteiger partial charge is 0.393 e. The number of aliphatic hydroxyl groups excluding tert-OH is 1. The zero-order valence-electron chi connectivity index (χ0n) is 14.1. The standard InChI is InChI=1S/C19H29NO2/c1-18-11-9-17(22)20(3)15(18)6-4-12-13-5-7-16(21)19(13,2)10-8-14(12)18/h9,11-16,21H,4-8,10H2,1-3H3/t12-,13-,14-,15+,16-,18+,19-/m0/s1. The van der Waals surface area contributed by atoms with Crippen LogP contribution in [0, 0.1) is 28.6 Å². The van der Waals surface area contributed by atoms with E-state index in [1.807, 2.05) is 11.9 Å². The van der Waals surface area contributed by atoms with Crippen LogP contribution in [0.1, 0.15) is 52.4 Å². The summed E-state index contributed by atoms with van der Waals surface area (Å²) in [5.74, 6) is 2.23. The summed E-state index contributed by atoms with van der Waals surface area (Å²) < 4.78 is 0. The maximum Gasteiger partial charge on any atom is 0.246 e. The second-order valence-corrected chi connectivity index (χ2v) is 8.76. The lowest BCUT2D eigenvalue weighted by Gasteiger charge is -2.60. The van der Waals surface area contributed by atoms with Gasteiger partial charge >= 0.3 is 0 Å². The van der Waals surface area contributed by atoms with Gasteiger partial charge in [-0.05, 0) is 67.8 Å². The molecule has 4 aliphatic rings. The molecule has 3 fully saturated rings. The van der Waals surface area contributed by atoms with Crippen molar-refractivity contribution in [2.24, 2.45) is 28.6 Å². The molecule has 0 aromatic heterocycles. The number of fused-ring (bicyclic) bond motifs is 5. The van der Waals surface area contributed by atoms with Crippen LogP contribution in [0.15, 0.2) is 12.2 Å². The highest BCUT2D eigenvalue weighted by atomic mass is 16.3. The molecule has 1 amide bonds.